The summed E-state index contributed by atoms with van der Waals surface area (Å²) >= 11 is 5.80. The molecule has 1 rings (SSSR count). The number of nitrogens with one attached hydrogen (secondary N) is 1. The van der Waals surface area contributed by atoms with Crippen LogP contribution in [-0.4, -0.2) is 19.6 Å². The third-order valence-electron chi connectivity index (χ3n) is 2.04. The molecule has 0 unspecified atom stereocenters. The number of carbonyl (C=O) groups is 1. The molecule has 0 saturated heterocycles. The predicted molar refractivity (Wildman–Crippen MR) is 65.6 cm³/mol. The van der Waals surface area contributed by atoms with E-state index in [1.165, 1.54) is 0 Å². The molecule has 5 heteroatoms. The van der Waals surface area contributed by atoms with Crippen LogP contribution in [0.5, 0.6) is 0 Å². The summed E-state index contributed by atoms with van der Waals surface area (Å²) in [6.45, 7) is 0.568. The van der Waals surface area contributed by atoms with E-state index >= 15 is 0 Å². The summed E-state index contributed by atoms with van der Waals surface area (Å²) in [4.78, 5) is 11.5. The number of hydrogen-bond donors (Lipinski definition) is 2. The summed E-state index contributed by atoms with van der Waals surface area (Å²) in [5.41, 5.74) is 6.75. The largest absolute Gasteiger partial charge is 0.397 e. The first-order valence-corrected chi connectivity index (χ1v) is 5.35. The lowest BCUT2D eigenvalue weighted by molar-refractivity contribution is -0.116. The summed E-state index contributed by atoms with van der Waals surface area (Å²) < 4.78 is 4.86. The topological polar surface area (TPSA) is 64.3 Å². The van der Waals surface area contributed by atoms with Gasteiger partial charge in [-0.3, -0.25) is 4.79 Å². The van der Waals surface area contributed by atoms with E-state index in [-0.39, 0.29) is 5.91 Å². The van der Waals surface area contributed by atoms with Crippen molar-refractivity contribution in [2.75, 3.05) is 24.8 Å². The molecule has 88 valence electrons. The summed E-state index contributed by atoms with van der Waals surface area (Å²) in [6, 6.07) is 4.97. The highest BCUT2D eigenvalue weighted by molar-refractivity contribution is 6.31. The van der Waals surface area contributed by atoms with Gasteiger partial charge in [0.05, 0.1) is 11.4 Å². The van der Waals surface area contributed by atoms with Gasteiger partial charge in [0.1, 0.15) is 0 Å². The van der Waals surface area contributed by atoms with Crippen LogP contribution in [0.3, 0.4) is 0 Å². The highest BCUT2D eigenvalue weighted by Gasteiger charge is 2.05. The number of carbonyl (C=O) groups excluding carboxylic acids is 1. The SMILES string of the molecule is COCCCC(=O)Nc1cc(Cl)ccc1N. The van der Waals surface area contributed by atoms with E-state index < -0.39 is 0 Å². The molecule has 0 aliphatic carbocycles. The summed E-state index contributed by atoms with van der Waals surface area (Å²) in [5, 5.41) is 3.25. The molecule has 3 N–H and O–H groups in total. The standard InChI is InChI=1S/C11H15ClN2O2/c1-16-6-2-3-11(15)14-10-7-8(12)4-5-9(10)13/h4-5,7H,2-3,6,13H2,1H3,(H,14,15). The van der Waals surface area contributed by atoms with Gasteiger partial charge in [0.15, 0.2) is 0 Å². The normalized spacial score (nSPS) is 10.1. The molecule has 0 fully saturated rings. The minimum atomic E-state index is -0.0917. The number of halogens is 1. The Morgan fingerprint density at radius 2 is 2.31 bits per heavy atom. The first kappa shape index (κ1) is 12.8. The number of rotatable bonds is 5. The van der Waals surface area contributed by atoms with Crippen LogP contribution >= 0.6 is 11.6 Å². The number of benzene rings is 1. The van der Waals surface area contributed by atoms with Gasteiger partial charge in [0, 0.05) is 25.2 Å². The zero-order valence-corrected chi connectivity index (χ0v) is 9.88. The van der Waals surface area contributed by atoms with Crippen LogP contribution < -0.4 is 11.1 Å². The molecule has 0 atom stereocenters. The molecular weight excluding hydrogens is 228 g/mol. The maximum Gasteiger partial charge on any atom is 0.224 e. The zero-order chi connectivity index (χ0) is 12.0. The van der Waals surface area contributed by atoms with Crippen LogP contribution in [0.25, 0.3) is 0 Å². The van der Waals surface area contributed by atoms with E-state index in [1.54, 1.807) is 25.3 Å². The fraction of sp³-hybridized carbons (Fsp3) is 0.364. The predicted octanol–water partition coefficient (Wildman–Crippen LogP) is 2.29. The second-order valence-electron chi connectivity index (χ2n) is 3.38. The van der Waals surface area contributed by atoms with Crippen molar-refractivity contribution in [2.24, 2.45) is 0 Å². The van der Waals surface area contributed by atoms with Gasteiger partial charge in [-0.2, -0.15) is 0 Å². The van der Waals surface area contributed by atoms with Crippen LogP contribution in [0.2, 0.25) is 5.02 Å². The van der Waals surface area contributed by atoms with Crippen LogP contribution in [0.4, 0.5) is 11.4 Å². The zero-order valence-electron chi connectivity index (χ0n) is 9.13. The minimum Gasteiger partial charge on any atom is -0.397 e. The average molecular weight is 243 g/mol. The molecule has 0 aromatic heterocycles. The Kier molecular flexibility index (Phi) is 5.08. The van der Waals surface area contributed by atoms with E-state index in [0.717, 1.165) is 0 Å². The van der Waals surface area contributed by atoms with Crippen molar-refractivity contribution in [3.05, 3.63) is 23.2 Å². The molecule has 0 aliphatic rings. The highest BCUT2D eigenvalue weighted by atomic mass is 35.5. The maximum absolute atomic E-state index is 11.5. The lowest BCUT2D eigenvalue weighted by Crippen LogP contribution is -2.13. The van der Waals surface area contributed by atoms with Crippen molar-refractivity contribution in [1.29, 1.82) is 0 Å². The van der Waals surface area contributed by atoms with Gasteiger partial charge in [-0.15, -0.1) is 0 Å². The number of ether oxygens (including phenoxy) is 1. The van der Waals surface area contributed by atoms with Gasteiger partial charge in [-0.1, -0.05) is 11.6 Å². The van der Waals surface area contributed by atoms with E-state index in [0.29, 0.717) is 35.8 Å². The molecule has 1 amide bonds. The van der Waals surface area contributed by atoms with E-state index in [9.17, 15) is 4.79 Å². The Labute approximate surface area is 99.7 Å². The average Bonchev–Trinajstić information content (AvgIpc) is 2.24. The summed E-state index contributed by atoms with van der Waals surface area (Å²) in [7, 11) is 1.60. The second kappa shape index (κ2) is 6.35. The van der Waals surface area contributed by atoms with Gasteiger partial charge >= 0.3 is 0 Å². The molecule has 1 aromatic carbocycles. The molecule has 0 spiro atoms. The van der Waals surface area contributed by atoms with Crippen LogP contribution in [0.1, 0.15) is 12.8 Å². The van der Waals surface area contributed by atoms with Crippen LogP contribution in [0, 0.1) is 0 Å². The quantitative estimate of drug-likeness (QED) is 0.615. The first-order valence-electron chi connectivity index (χ1n) is 4.97. The molecule has 0 bridgehead atoms. The molecule has 1 aromatic rings. The Balaban J connectivity index is 2.52. The number of hydrogen-bond acceptors (Lipinski definition) is 3. The number of nitrogen functional groups attached to an aromatic ring is 1. The van der Waals surface area contributed by atoms with Gasteiger partial charge in [0.25, 0.3) is 0 Å². The third-order valence-corrected chi connectivity index (χ3v) is 2.28. The van der Waals surface area contributed by atoms with Gasteiger partial charge in [0.2, 0.25) is 5.91 Å². The number of nitrogens with two attached hydrogens (primary N) is 1. The monoisotopic (exact) mass is 242 g/mol. The first-order chi connectivity index (χ1) is 7.63. The molecule has 16 heavy (non-hydrogen) atoms. The molecule has 0 heterocycles. The Hall–Kier alpha value is -1.26. The van der Waals surface area contributed by atoms with Crippen molar-refractivity contribution in [3.8, 4) is 0 Å². The van der Waals surface area contributed by atoms with Crippen LogP contribution in [-0.2, 0) is 9.53 Å². The smallest absolute Gasteiger partial charge is 0.224 e. The fourth-order valence-corrected chi connectivity index (χ4v) is 1.40. The molecule has 0 saturated carbocycles. The van der Waals surface area contributed by atoms with E-state index in [4.69, 9.17) is 22.1 Å². The van der Waals surface area contributed by atoms with Gasteiger partial charge in [-0.05, 0) is 24.6 Å². The maximum atomic E-state index is 11.5. The number of methoxy groups -OCH3 is 1. The van der Waals surface area contributed by atoms with Crippen molar-refractivity contribution >= 4 is 28.9 Å². The summed E-state index contributed by atoms with van der Waals surface area (Å²) in [5.74, 6) is -0.0917. The molecule has 0 aliphatic heterocycles. The number of anilines is 2. The van der Waals surface area contributed by atoms with Crippen molar-refractivity contribution < 1.29 is 9.53 Å². The number of amides is 1. The third kappa shape index (κ3) is 4.08. The van der Waals surface area contributed by atoms with E-state index in [1.807, 2.05) is 0 Å². The molecule has 0 radical (unpaired) electrons. The molecule has 4 nitrogen and oxygen atoms in total. The fourth-order valence-electron chi connectivity index (χ4n) is 1.23. The van der Waals surface area contributed by atoms with Crippen molar-refractivity contribution in [3.63, 3.8) is 0 Å². The lowest BCUT2D eigenvalue weighted by atomic mass is 10.2. The minimum absolute atomic E-state index is 0.0917. The highest BCUT2D eigenvalue weighted by Crippen LogP contribution is 2.22. The second-order valence-corrected chi connectivity index (χ2v) is 3.81. The van der Waals surface area contributed by atoms with Crippen molar-refractivity contribution in [1.82, 2.24) is 0 Å². The summed E-state index contributed by atoms with van der Waals surface area (Å²) in [6.07, 6.45) is 1.09. The van der Waals surface area contributed by atoms with Crippen molar-refractivity contribution in [2.45, 2.75) is 12.8 Å². The Morgan fingerprint density at radius 1 is 1.56 bits per heavy atom. The Morgan fingerprint density at radius 3 is 3.00 bits per heavy atom. The van der Waals surface area contributed by atoms with Gasteiger partial charge in [-0.25, -0.2) is 0 Å². The van der Waals surface area contributed by atoms with Crippen LogP contribution in [0.15, 0.2) is 18.2 Å². The molecular formula is C11H15ClN2O2. The van der Waals surface area contributed by atoms with Gasteiger partial charge < -0.3 is 15.8 Å². The van der Waals surface area contributed by atoms with E-state index in [2.05, 4.69) is 5.32 Å². The Bertz CT molecular complexity index is 369. The lowest BCUT2D eigenvalue weighted by Gasteiger charge is -2.08.